The topological polar surface area (TPSA) is 108 Å². The zero-order valence-corrected chi connectivity index (χ0v) is 18.6. The normalized spacial score (nSPS) is 16.8. The predicted octanol–water partition coefficient (Wildman–Crippen LogP) is 2.40. The number of rotatable bonds is 4. The molecular weight excluding hydrogens is 428 g/mol. The van der Waals surface area contributed by atoms with Crippen molar-refractivity contribution in [2.45, 2.75) is 25.8 Å². The van der Waals surface area contributed by atoms with E-state index < -0.39 is 27.9 Å². The summed E-state index contributed by atoms with van der Waals surface area (Å²) in [7, 11) is -3.50. The molecule has 1 aliphatic heterocycles. The molecule has 2 heterocycles. The van der Waals surface area contributed by atoms with E-state index in [0.717, 1.165) is 21.7 Å². The van der Waals surface area contributed by atoms with Gasteiger partial charge in [-0.15, -0.1) is 0 Å². The summed E-state index contributed by atoms with van der Waals surface area (Å²) < 4.78 is 25.0. The van der Waals surface area contributed by atoms with Gasteiger partial charge >= 0.3 is 0 Å². The molecule has 1 fully saturated rings. The summed E-state index contributed by atoms with van der Waals surface area (Å²) in [6.45, 7) is 2.29. The van der Waals surface area contributed by atoms with Crippen LogP contribution in [-0.4, -0.2) is 48.4 Å². The largest absolute Gasteiger partial charge is 0.271 e. The first-order chi connectivity index (χ1) is 15.2. The van der Waals surface area contributed by atoms with Gasteiger partial charge < -0.3 is 0 Å². The van der Waals surface area contributed by atoms with Crippen LogP contribution in [0.1, 0.15) is 28.8 Å². The minimum absolute atomic E-state index is 0.291. The van der Waals surface area contributed by atoms with Gasteiger partial charge in [0, 0.05) is 17.5 Å². The van der Waals surface area contributed by atoms with Gasteiger partial charge in [0.25, 0.3) is 11.8 Å². The summed E-state index contributed by atoms with van der Waals surface area (Å²) in [5.41, 5.74) is 8.47. The number of sulfonamides is 1. The predicted molar refractivity (Wildman–Crippen MR) is 122 cm³/mol. The smallest absolute Gasteiger partial charge is 0.270 e. The number of pyridine rings is 1. The SMILES string of the molecule is Cc1ccc(-c2cc(C(=O)NNC(=O)C3CCCN3S(C)(=O)=O)c3ccccc3n2)cc1. The average molecular weight is 453 g/mol. The van der Waals surface area contributed by atoms with Crippen molar-refractivity contribution in [2.24, 2.45) is 0 Å². The van der Waals surface area contributed by atoms with Gasteiger partial charge in [0.05, 0.1) is 23.0 Å². The van der Waals surface area contributed by atoms with Crippen LogP contribution in [0.4, 0.5) is 0 Å². The molecule has 4 rings (SSSR count). The second-order valence-electron chi connectivity index (χ2n) is 7.91. The summed E-state index contributed by atoms with van der Waals surface area (Å²) in [6.07, 6.45) is 2.07. The molecular formula is C23H24N4O4S. The van der Waals surface area contributed by atoms with Crippen LogP contribution in [0.15, 0.2) is 54.6 Å². The third-order valence-electron chi connectivity index (χ3n) is 5.54. The van der Waals surface area contributed by atoms with E-state index in [9.17, 15) is 18.0 Å². The molecule has 2 N–H and O–H groups in total. The Morgan fingerprint density at radius 3 is 2.50 bits per heavy atom. The van der Waals surface area contributed by atoms with Crippen molar-refractivity contribution in [1.29, 1.82) is 0 Å². The Labute approximate surface area is 186 Å². The highest BCUT2D eigenvalue weighted by atomic mass is 32.2. The molecule has 9 heteroatoms. The van der Waals surface area contributed by atoms with Gasteiger partial charge in [-0.3, -0.25) is 20.4 Å². The molecule has 32 heavy (non-hydrogen) atoms. The first-order valence-corrected chi connectivity index (χ1v) is 12.1. The number of aromatic nitrogens is 1. The van der Waals surface area contributed by atoms with E-state index in [-0.39, 0.29) is 0 Å². The van der Waals surface area contributed by atoms with Gasteiger partial charge in [0.15, 0.2) is 0 Å². The monoisotopic (exact) mass is 452 g/mol. The van der Waals surface area contributed by atoms with Gasteiger partial charge in [-0.2, -0.15) is 4.31 Å². The molecule has 2 aromatic carbocycles. The van der Waals surface area contributed by atoms with Crippen LogP contribution in [0.5, 0.6) is 0 Å². The summed E-state index contributed by atoms with van der Waals surface area (Å²) in [6, 6.07) is 16.0. The maximum Gasteiger partial charge on any atom is 0.270 e. The third-order valence-corrected chi connectivity index (χ3v) is 6.83. The molecule has 1 atom stereocenters. The highest BCUT2D eigenvalue weighted by Crippen LogP contribution is 2.25. The molecule has 0 radical (unpaired) electrons. The standard InChI is InChI=1S/C23H24N4O4S/c1-15-9-11-16(12-10-15)20-14-18(17-6-3-4-7-19(17)24-20)22(28)25-26-23(29)21-8-5-13-27(21)32(2,30)31/h3-4,6-7,9-12,14,21H,5,8,13H2,1-2H3,(H,25,28)(H,26,29). The molecule has 1 unspecified atom stereocenters. The van der Waals surface area contributed by atoms with E-state index in [2.05, 4.69) is 15.8 Å². The Morgan fingerprint density at radius 2 is 1.78 bits per heavy atom. The number of aryl methyl sites for hydroxylation is 1. The average Bonchev–Trinajstić information content (AvgIpc) is 3.28. The number of hydrazine groups is 1. The minimum atomic E-state index is -3.50. The first kappa shape index (κ1) is 21.9. The van der Waals surface area contributed by atoms with Gasteiger partial charge in [-0.05, 0) is 31.9 Å². The van der Waals surface area contributed by atoms with Crippen molar-refractivity contribution in [1.82, 2.24) is 20.1 Å². The van der Waals surface area contributed by atoms with Crippen molar-refractivity contribution < 1.29 is 18.0 Å². The van der Waals surface area contributed by atoms with E-state index in [0.29, 0.717) is 41.5 Å². The maximum atomic E-state index is 13.0. The molecule has 3 aromatic rings. The van der Waals surface area contributed by atoms with Crippen molar-refractivity contribution in [3.8, 4) is 11.3 Å². The zero-order valence-electron chi connectivity index (χ0n) is 17.8. The third kappa shape index (κ3) is 4.49. The Morgan fingerprint density at radius 1 is 1.06 bits per heavy atom. The van der Waals surface area contributed by atoms with E-state index in [4.69, 9.17) is 0 Å². The number of fused-ring (bicyclic) bond motifs is 1. The van der Waals surface area contributed by atoms with E-state index in [1.54, 1.807) is 12.1 Å². The molecule has 166 valence electrons. The molecule has 1 saturated heterocycles. The van der Waals surface area contributed by atoms with Crippen molar-refractivity contribution in [3.05, 3.63) is 65.7 Å². The van der Waals surface area contributed by atoms with Crippen molar-refractivity contribution in [2.75, 3.05) is 12.8 Å². The number of para-hydroxylation sites is 1. The fourth-order valence-corrected chi connectivity index (χ4v) is 5.03. The van der Waals surface area contributed by atoms with Crippen LogP contribution in [0.3, 0.4) is 0 Å². The van der Waals surface area contributed by atoms with E-state index in [1.807, 2.05) is 49.4 Å². The number of amides is 2. The summed E-state index contributed by atoms with van der Waals surface area (Å²) in [5, 5.41) is 0.647. The van der Waals surface area contributed by atoms with Crippen LogP contribution < -0.4 is 10.9 Å². The fourth-order valence-electron chi connectivity index (χ4n) is 3.90. The van der Waals surface area contributed by atoms with E-state index >= 15 is 0 Å². The number of carbonyl (C=O) groups excluding carboxylic acids is 2. The maximum absolute atomic E-state index is 13.0. The number of nitrogens with zero attached hydrogens (tertiary/aromatic N) is 2. The van der Waals surface area contributed by atoms with Gasteiger partial charge in [-0.25, -0.2) is 13.4 Å². The Bertz CT molecular complexity index is 1290. The van der Waals surface area contributed by atoms with Crippen LogP contribution in [-0.2, 0) is 14.8 Å². The lowest BCUT2D eigenvalue weighted by Gasteiger charge is -2.21. The Kier molecular flexibility index (Phi) is 5.94. The number of carbonyl (C=O) groups is 2. The number of hydrogen-bond donors (Lipinski definition) is 2. The first-order valence-electron chi connectivity index (χ1n) is 10.3. The number of nitrogens with one attached hydrogen (secondary N) is 2. The van der Waals surface area contributed by atoms with Crippen LogP contribution >= 0.6 is 0 Å². The van der Waals surface area contributed by atoms with Crippen LogP contribution in [0, 0.1) is 6.92 Å². The van der Waals surface area contributed by atoms with Crippen LogP contribution in [0.25, 0.3) is 22.2 Å². The second-order valence-corrected chi connectivity index (χ2v) is 9.85. The van der Waals surface area contributed by atoms with Crippen molar-refractivity contribution >= 4 is 32.7 Å². The Hall–Kier alpha value is -3.30. The highest BCUT2D eigenvalue weighted by molar-refractivity contribution is 7.88. The summed E-state index contributed by atoms with van der Waals surface area (Å²) in [4.78, 5) is 30.3. The van der Waals surface area contributed by atoms with Crippen LogP contribution in [0.2, 0.25) is 0 Å². The quantitative estimate of drug-likeness (QED) is 0.591. The minimum Gasteiger partial charge on any atom is -0.271 e. The molecule has 0 spiro atoms. The lowest BCUT2D eigenvalue weighted by atomic mass is 10.0. The lowest BCUT2D eigenvalue weighted by Crippen LogP contribution is -2.51. The van der Waals surface area contributed by atoms with Crippen molar-refractivity contribution in [3.63, 3.8) is 0 Å². The van der Waals surface area contributed by atoms with E-state index in [1.165, 1.54) is 0 Å². The number of hydrogen-bond acceptors (Lipinski definition) is 5. The second kappa shape index (κ2) is 8.68. The molecule has 8 nitrogen and oxygen atoms in total. The van der Waals surface area contributed by atoms with Gasteiger partial charge in [0.1, 0.15) is 6.04 Å². The molecule has 0 aliphatic carbocycles. The Balaban J connectivity index is 1.59. The zero-order chi connectivity index (χ0) is 22.9. The van der Waals surface area contributed by atoms with Gasteiger partial charge in [-0.1, -0.05) is 48.0 Å². The molecule has 0 bridgehead atoms. The molecule has 1 aromatic heterocycles. The molecule has 2 amide bonds. The summed E-state index contributed by atoms with van der Waals surface area (Å²) >= 11 is 0. The van der Waals surface area contributed by atoms with Gasteiger partial charge in [0.2, 0.25) is 10.0 Å². The highest BCUT2D eigenvalue weighted by Gasteiger charge is 2.36. The summed E-state index contributed by atoms with van der Waals surface area (Å²) in [5.74, 6) is -1.06. The number of benzene rings is 2. The lowest BCUT2D eigenvalue weighted by molar-refractivity contribution is -0.124. The molecule has 0 saturated carbocycles. The molecule has 1 aliphatic rings. The fraction of sp³-hybridized carbons (Fsp3) is 0.261.